The lowest BCUT2D eigenvalue weighted by Crippen LogP contribution is -2.55. The van der Waals surface area contributed by atoms with Crippen LogP contribution in [0.4, 0.5) is 0 Å². The van der Waals surface area contributed by atoms with Gasteiger partial charge in [-0.1, -0.05) is 26.7 Å². The quantitative estimate of drug-likeness (QED) is 0.804. The summed E-state index contributed by atoms with van der Waals surface area (Å²) in [5.41, 5.74) is -0.0131. The fourth-order valence-electron chi connectivity index (χ4n) is 3.92. The molecule has 0 radical (unpaired) electrons. The third kappa shape index (κ3) is 3.25. The summed E-state index contributed by atoms with van der Waals surface area (Å²) in [4.78, 5) is 2.57. The Morgan fingerprint density at radius 1 is 1.33 bits per heavy atom. The van der Waals surface area contributed by atoms with Crippen LogP contribution in [0.15, 0.2) is 0 Å². The van der Waals surface area contributed by atoms with Crippen LogP contribution in [0.5, 0.6) is 0 Å². The molecule has 3 nitrogen and oxygen atoms in total. The van der Waals surface area contributed by atoms with Crippen LogP contribution in [0.1, 0.15) is 46.0 Å². The van der Waals surface area contributed by atoms with E-state index in [1.165, 1.54) is 19.3 Å². The molecule has 1 aliphatic heterocycles. The number of rotatable bonds is 4. The van der Waals surface area contributed by atoms with Crippen LogP contribution in [0, 0.1) is 11.3 Å². The number of hydrogen-bond acceptors (Lipinski definition) is 3. The number of fused-ring (bicyclic) bond motifs is 1. The van der Waals surface area contributed by atoms with Crippen molar-refractivity contribution in [2.45, 2.75) is 51.6 Å². The minimum Gasteiger partial charge on any atom is -0.390 e. The van der Waals surface area contributed by atoms with Crippen molar-refractivity contribution in [1.82, 2.24) is 10.2 Å². The Morgan fingerprint density at radius 3 is 2.83 bits per heavy atom. The highest BCUT2D eigenvalue weighted by molar-refractivity contribution is 4.96. The number of piperidine rings is 1. The minimum absolute atomic E-state index is 0.318. The van der Waals surface area contributed by atoms with Gasteiger partial charge in [0.25, 0.3) is 0 Å². The number of nitrogens with zero attached hydrogens (tertiary/aromatic N) is 1. The van der Waals surface area contributed by atoms with Gasteiger partial charge in [0, 0.05) is 32.1 Å². The Bertz CT molecular complexity index is 280. The second-order valence-corrected chi connectivity index (χ2v) is 7.23. The SMILES string of the molecule is CNCC(C)(C)CN1CCC2(O)CCCCC2C1. The number of likely N-dealkylation sites (tertiary alicyclic amines) is 1. The average Bonchev–Trinajstić information content (AvgIpc) is 2.29. The Morgan fingerprint density at radius 2 is 2.11 bits per heavy atom. The molecule has 1 saturated heterocycles. The van der Waals surface area contributed by atoms with E-state index in [1.54, 1.807) is 0 Å². The first-order chi connectivity index (χ1) is 8.45. The third-order valence-electron chi connectivity index (χ3n) is 4.82. The number of nitrogens with one attached hydrogen (secondary N) is 1. The topological polar surface area (TPSA) is 35.5 Å². The Balaban J connectivity index is 1.90. The largest absolute Gasteiger partial charge is 0.390 e. The summed E-state index contributed by atoms with van der Waals surface area (Å²) in [7, 11) is 2.03. The summed E-state index contributed by atoms with van der Waals surface area (Å²) in [6.07, 6.45) is 5.76. The molecule has 2 atom stereocenters. The van der Waals surface area contributed by atoms with E-state index in [1.807, 2.05) is 7.05 Å². The van der Waals surface area contributed by atoms with Gasteiger partial charge in [0.15, 0.2) is 0 Å². The van der Waals surface area contributed by atoms with Crippen LogP contribution in [0.2, 0.25) is 0 Å². The van der Waals surface area contributed by atoms with Crippen LogP contribution in [0.3, 0.4) is 0 Å². The first kappa shape index (κ1) is 14.3. The van der Waals surface area contributed by atoms with Crippen molar-refractivity contribution < 1.29 is 5.11 Å². The van der Waals surface area contributed by atoms with E-state index in [4.69, 9.17) is 0 Å². The van der Waals surface area contributed by atoms with E-state index in [0.717, 1.165) is 39.0 Å². The molecule has 18 heavy (non-hydrogen) atoms. The van der Waals surface area contributed by atoms with Crippen molar-refractivity contribution in [3.63, 3.8) is 0 Å². The standard InChI is InChI=1S/C15H30N2O/c1-14(2,11-16-3)12-17-9-8-15(18)7-5-4-6-13(15)10-17/h13,16,18H,4-12H2,1-3H3. The molecule has 0 amide bonds. The van der Waals surface area contributed by atoms with E-state index >= 15 is 0 Å². The van der Waals surface area contributed by atoms with Crippen molar-refractivity contribution in [2.24, 2.45) is 11.3 Å². The molecule has 0 bridgehead atoms. The smallest absolute Gasteiger partial charge is 0.0700 e. The summed E-state index contributed by atoms with van der Waals surface area (Å²) in [6, 6.07) is 0. The molecule has 1 aliphatic carbocycles. The van der Waals surface area contributed by atoms with Gasteiger partial charge >= 0.3 is 0 Å². The Kier molecular flexibility index (Phi) is 4.35. The summed E-state index contributed by atoms with van der Waals surface area (Å²) >= 11 is 0. The molecule has 2 rings (SSSR count). The zero-order valence-electron chi connectivity index (χ0n) is 12.3. The molecular weight excluding hydrogens is 224 g/mol. The van der Waals surface area contributed by atoms with Crippen LogP contribution in [-0.4, -0.2) is 48.8 Å². The predicted molar refractivity (Wildman–Crippen MR) is 75.7 cm³/mol. The number of aliphatic hydroxyl groups is 1. The van der Waals surface area contributed by atoms with E-state index in [9.17, 15) is 5.11 Å². The maximum Gasteiger partial charge on any atom is 0.0700 e. The van der Waals surface area contributed by atoms with E-state index in [0.29, 0.717) is 11.3 Å². The molecule has 106 valence electrons. The lowest BCUT2D eigenvalue weighted by Gasteiger charge is -2.48. The fraction of sp³-hybridized carbons (Fsp3) is 1.00. The molecule has 1 saturated carbocycles. The minimum atomic E-state index is -0.331. The maximum absolute atomic E-state index is 10.7. The van der Waals surface area contributed by atoms with Gasteiger partial charge in [-0.25, -0.2) is 0 Å². The van der Waals surface area contributed by atoms with Gasteiger partial charge in [0.2, 0.25) is 0 Å². The number of hydrogen-bond donors (Lipinski definition) is 2. The van der Waals surface area contributed by atoms with Gasteiger partial charge in [0.05, 0.1) is 5.60 Å². The van der Waals surface area contributed by atoms with Crippen LogP contribution in [-0.2, 0) is 0 Å². The van der Waals surface area contributed by atoms with Crippen molar-refractivity contribution >= 4 is 0 Å². The predicted octanol–water partition coefficient (Wildman–Crippen LogP) is 1.86. The summed E-state index contributed by atoms with van der Waals surface area (Å²) in [5, 5.41) is 14.0. The van der Waals surface area contributed by atoms with Crippen molar-refractivity contribution in [3.05, 3.63) is 0 Å². The fourth-order valence-corrected chi connectivity index (χ4v) is 3.92. The summed E-state index contributed by atoms with van der Waals surface area (Å²) < 4.78 is 0. The molecule has 0 aromatic rings. The van der Waals surface area contributed by atoms with E-state index < -0.39 is 0 Å². The highest BCUT2D eigenvalue weighted by atomic mass is 16.3. The first-order valence-corrected chi connectivity index (χ1v) is 7.55. The van der Waals surface area contributed by atoms with Gasteiger partial charge < -0.3 is 15.3 Å². The lowest BCUT2D eigenvalue weighted by atomic mass is 9.71. The Labute approximate surface area is 112 Å². The molecule has 0 aromatic heterocycles. The second-order valence-electron chi connectivity index (χ2n) is 7.23. The summed E-state index contributed by atoms with van der Waals surface area (Å²) in [5.74, 6) is 0.519. The van der Waals surface area contributed by atoms with Crippen LogP contribution >= 0.6 is 0 Å². The zero-order chi connectivity index (χ0) is 13.2. The third-order valence-corrected chi connectivity index (χ3v) is 4.82. The molecular formula is C15H30N2O. The summed E-state index contributed by atoms with van der Waals surface area (Å²) in [6.45, 7) is 9.01. The van der Waals surface area contributed by atoms with Gasteiger partial charge in [-0.3, -0.25) is 0 Å². The molecule has 0 aromatic carbocycles. The van der Waals surface area contributed by atoms with Crippen molar-refractivity contribution in [3.8, 4) is 0 Å². The molecule has 3 heteroatoms. The first-order valence-electron chi connectivity index (χ1n) is 7.55. The molecule has 0 spiro atoms. The van der Waals surface area contributed by atoms with Crippen LogP contribution in [0.25, 0.3) is 0 Å². The Hall–Kier alpha value is -0.120. The molecule has 2 N–H and O–H groups in total. The molecule has 2 fully saturated rings. The second kappa shape index (κ2) is 5.48. The molecule has 2 aliphatic rings. The lowest BCUT2D eigenvalue weighted by molar-refractivity contribution is -0.0994. The van der Waals surface area contributed by atoms with Crippen molar-refractivity contribution in [2.75, 3.05) is 33.2 Å². The van der Waals surface area contributed by atoms with E-state index in [2.05, 4.69) is 24.1 Å². The maximum atomic E-state index is 10.7. The average molecular weight is 254 g/mol. The van der Waals surface area contributed by atoms with Crippen LogP contribution < -0.4 is 5.32 Å². The highest BCUT2D eigenvalue weighted by Crippen LogP contribution is 2.40. The molecule has 2 unspecified atom stereocenters. The van der Waals surface area contributed by atoms with Gasteiger partial charge in [0.1, 0.15) is 0 Å². The van der Waals surface area contributed by atoms with Gasteiger partial charge in [-0.2, -0.15) is 0 Å². The monoisotopic (exact) mass is 254 g/mol. The van der Waals surface area contributed by atoms with Gasteiger partial charge in [-0.15, -0.1) is 0 Å². The van der Waals surface area contributed by atoms with Crippen molar-refractivity contribution in [1.29, 1.82) is 0 Å². The highest BCUT2D eigenvalue weighted by Gasteiger charge is 2.43. The zero-order valence-corrected chi connectivity index (χ0v) is 12.3. The normalized spacial score (nSPS) is 34.3. The van der Waals surface area contributed by atoms with Gasteiger partial charge in [-0.05, 0) is 31.7 Å². The molecule has 1 heterocycles. The van der Waals surface area contributed by atoms with E-state index in [-0.39, 0.29) is 5.60 Å².